The normalized spacial score (nSPS) is 11.5. The van der Waals surface area contributed by atoms with Crippen LogP contribution >= 0.6 is 0 Å². The summed E-state index contributed by atoms with van der Waals surface area (Å²) >= 11 is 0. The van der Waals surface area contributed by atoms with Gasteiger partial charge in [-0.1, -0.05) is 31.2 Å². The lowest BCUT2D eigenvalue weighted by Crippen LogP contribution is -2.12. The van der Waals surface area contributed by atoms with Gasteiger partial charge in [0.15, 0.2) is 5.89 Å². The number of aryl methyl sites for hydroxylation is 3. The van der Waals surface area contributed by atoms with E-state index in [2.05, 4.69) is 9.71 Å². The van der Waals surface area contributed by atoms with Crippen LogP contribution in [0.25, 0.3) is 11.3 Å². The van der Waals surface area contributed by atoms with Crippen molar-refractivity contribution in [1.82, 2.24) is 4.98 Å². The molecule has 0 amide bonds. The molecule has 1 aromatic heterocycles. The largest absolute Gasteiger partial charge is 0.446 e. The molecule has 0 spiro atoms. The Morgan fingerprint density at radius 2 is 1.64 bits per heavy atom. The van der Waals surface area contributed by atoms with E-state index < -0.39 is 10.0 Å². The molecule has 1 N–H and O–H groups in total. The molecule has 0 saturated carbocycles. The second kappa shape index (κ2) is 6.72. The first-order valence-corrected chi connectivity index (χ1v) is 9.53. The first kappa shape index (κ1) is 17.2. The number of aromatic nitrogens is 1. The Kier molecular flexibility index (Phi) is 4.63. The molecule has 0 unspecified atom stereocenters. The highest BCUT2D eigenvalue weighted by atomic mass is 32.2. The fraction of sp³-hybridized carbons (Fsp3) is 0.211. The lowest BCUT2D eigenvalue weighted by atomic mass is 10.1. The zero-order valence-electron chi connectivity index (χ0n) is 14.4. The predicted octanol–water partition coefficient (Wildman–Crippen LogP) is 4.32. The van der Waals surface area contributed by atoms with Crippen LogP contribution in [0.15, 0.2) is 57.8 Å². The minimum absolute atomic E-state index is 0.247. The van der Waals surface area contributed by atoms with Crippen molar-refractivity contribution >= 4 is 15.7 Å². The number of anilines is 1. The first-order chi connectivity index (χ1) is 11.9. The maximum atomic E-state index is 12.5. The van der Waals surface area contributed by atoms with Crippen LogP contribution < -0.4 is 4.72 Å². The first-order valence-electron chi connectivity index (χ1n) is 8.05. The molecule has 5 nitrogen and oxygen atoms in total. The second-order valence-corrected chi connectivity index (χ2v) is 7.50. The van der Waals surface area contributed by atoms with Gasteiger partial charge < -0.3 is 4.42 Å². The smallest absolute Gasteiger partial charge is 0.261 e. The van der Waals surface area contributed by atoms with E-state index in [1.807, 2.05) is 38.1 Å². The quantitative estimate of drug-likeness (QED) is 0.739. The maximum absolute atomic E-state index is 12.5. The van der Waals surface area contributed by atoms with E-state index in [1.165, 1.54) is 0 Å². The minimum atomic E-state index is -3.60. The summed E-state index contributed by atoms with van der Waals surface area (Å²) < 4.78 is 33.0. The Morgan fingerprint density at radius 3 is 2.16 bits per heavy atom. The minimum Gasteiger partial charge on any atom is -0.446 e. The van der Waals surface area contributed by atoms with Crippen molar-refractivity contribution < 1.29 is 12.8 Å². The highest BCUT2D eigenvalue weighted by Crippen LogP contribution is 2.25. The van der Waals surface area contributed by atoms with Crippen molar-refractivity contribution in [2.75, 3.05) is 4.72 Å². The van der Waals surface area contributed by atoms with E-state index in [1.54, 1.807) is 31.2 Å². The molecule has 0 aliphatic rings. The zero-order chi connectivity index (χ0) is 18.0. The third-order valence-electron chi connectivity index (χ3n) is 3.96. The SMILES string of the molecule is CCc1ccc(S(=O)(=O)Nc2ccc(-c3nc(C)oc3C)cc2)cc1. The van der Waals surface area contributed by atoms with E-state index in [0.717, 1.165) is 29.0 Å². The third kappa shape index (κ3) is 3.74. The molecule has 3 rings (SSSR count). The molecule has 0 aliphatic carbocycles. The van der Waals surface area contributed by atoms with Gasteiger partial charge >= 0.3 is 0 Å². The van der Waals surface area contributed by atoms with Gasteiger partial charge in [-0.3, -0.25) is 4.72 Å². The van der Waals surface area contributed by atoms with Gasteiger partial charge in [-0.05, 0) is 43.2 Å². The van der Waals surface area contributed by atoms with Crippen LogP contribution in [0, 0.1) is 13.8 Å². The van der Waals surface area contributed by atoms with Crippen LogP contribution in [-0.4, -0.2) is 13.4 Å². The third-order valence-corrected chi connectivity index (χ3v) is 5.35. The fourth-order valence-electron chi connectivity index (χ4n) is 2.61. The van der Waals surface area contributed by atoms with Gasteiger partial charge in [0.2, 0.25) is 0 Å². The Hall–Kier alpha value is -2.60. The fourth-order valence-corrected chi connectivity index (χ4v) is 3.67. The highest BCUT2D eigenvalue weighted by molar-refractivity contribution is 7.92. The zero-order valence-corrected chi connectivity index (χ0v) is 15.2. The summed E-state index contributed by atoms with van der Waals surface area (Å²) in [6.07, 6.45) is 0.871. The average molecular weight is 356 g/mol. The molecule has 0 atom stereocenters. The maximum Gasteiger partial charge on any atom is 0.261 e. The van der Waals surface area contributed by atoms with E-state index in [0.29, 0.717) is 11.6 Å². The number of sulfonamides is 1. The van der Waals surface area contributed by atoms with Gasteiger partial charge in [0, 0.05) is 18.2 Å². The molecule has 6 heteroatoms. The number of oxazole rings is 1. The molecule has 0 radical (unpaired) electrons. The van der Waals surface area contributed by atoms with Crippen molar-refractivity contribution in [2.45, 2.75) is 32.1 Å². The Balaban J connectivity index is 1.81. The van der Waals surface area contributed by atoms with Crippen molar-refractivity contribution in [1.29, 1.82) is 0 Å². The number of hydrogen-bond donors (Lipinski definition) is 1. The molecule has 0 bridgehead atoms. The highest BCUT2D eigenvalue weighted by Gasteiger charge is 2.15. The number of nitrogens with zero attached hydrogens (tertiary/aromatic N) is 1. The van der Waals surface area contributed by atoms with Crippen LogP contribution in [0.3, 0.4) is 0 Å². The number of nitrogens with one attached hydrogen (secondary N) is 1. The summed E-state index contributed by atoms with van der Waals surface area (Å²) in [4.78, 5) is 4.59. The summed E-state index contributed by atoms with van der Waals surface area (Å²) in [7, 11) is -3.60. The molecule has 0 fully saturated rings. The van der Waals surface area contributed by atoms with Gasteiger partial charge in [-0.15, -0.1) is 0 Å². The summed E-state index contributed by atoms with van der Waals surface area (Å²) in [6.45, 7) is 5.68. The molecule has 0 aliphatic heterocycles. The summed E-state index contributed by atoms with van der Waals surface area (Å²) in [6, 6.07) is 14.0. The Morgan fingerprint density at radius 1 is 1.00 bits per heavy atom. The number of benzene rings is 2. The van der Waals surface area contributed by atoms with Crippen molar-refractivity contribution in [3.63, 3.8) is 0 Å². The van der Waals surface area contributed by atoms with E-state index >= 15 is 0 Å². The summed E-state index contributed by atoms with van der Waals surface area (Å²) in [5.41, 5.74) is 3.24. The van der Waals surface area contributed by atoms with Gasteiger partial charge in [0.05, 0.1) is 4.90 Å². The summed E-state index contributed by atoms with van der Waals surface area (Å²) in [5, 5.41) is 0. The molecule has 130 valence electrons. The number of hydrogen-bond acceptors (Lipinski definition) is 4. The van der Waals surface area contributed by atoms with E-state index in [9.17, 15) is 8.42 Å². The van der Waals surface area contributed by atoms with Crippen LogP contribution in [0.5, 0.6) is 0 Å². The molecule has 3 aromatic rings. The van der Waals surface area contributed by atoms with E-state index in [4.69, 9.17) is 4.42 Å². The lowest BCUT2D eigenvalue weighted by molar-refractivity contribution is 0.495. The average Bonchev–Trinajstić information content (AvgIpc) is 2.93. The van der Waals surface area contributed by atoms with Crippen LogP contribution in [0.2, 0.25) is 0 Å². The molecule has 1 heterocycles. The van der Waals surface area contributed by atoms with Gasteiger partial charge in [-0.2, -0.15) is 0 Å². The molecule has 25 heavy (non-hydrogen) atoms. The van der Waals surface area contributed by atoms with Gasteiger partial charge in [0.25, 0.3) is 10.0 Å². The van der Waals surface area contributed by atoms with Crippen molar-refractivity contribution in [3.05, 3.63) is 65.7 Å². The van der Waals surface area contributed by atoms with Gasteiger partial charge in [0.1, 0.15) is 11.5 Å². The summed E-state index contributed by atoms with van der Waals surface area (Å²) in [5.74, 6) is 1.34. The Bertz CT molecular complexity index is 973. The standard InChI is InChI=1S/C19H20N2O3S/c1-4-15-5-11-18(12-6-15)25(22,23)21-17-9-7-16(8-10-17)19-13(2)24-14(3)20-19/h5-12,21H,4H2,1-3H3. The monoisotopic (exact) mass is 356 g/mol. The van der Waals surface area contributed by atoms with Crippen molar-refractivity contribution in [2.24, 2.45) is 0 Å². The predicted molar refractivity (Wildman–Crippen MR) is 98.0 cm³/mol. The van der Waals surface area contributed by atoms with Crippen LogP contribution in [-0.2, 0) is 16.4 Å². The lowest BCUT2D eigenvalue weighted by Gasteiger charge is -2.09. The molecule has 2 aromatic carbocycles. The van der Waals surface area contributed by atoms with Gasteiger partial charge in [-0.25, -0.2) is 13.4 Å². The topological polar surface area (TPSA) is 72.2 Å². The Labute approximate surface area is 147 Å². The van der Waals surface area contributed by atoms with Crippen LogP contribution in [0.1, 0.15) is 24.1 Å². The van der Waals surface area contributed by atoms with Crippen LogP contribution in [0.4, 0.5) is 5.69 Å². The number of rotatable bonds is 5. The van der Waals surface area contributed by atoms with Crippen molar-refractivity contribution in [3.8, 4) is 11.3 Å². The van der Waals surface area contributed by atoms with E-state index in [-0.39, 0.29) is 4.90 Å². The molecular weight excluding hydrogens is 336 g/mol. The molecule has 0 saturated heterocycles. The molecular formula is C19H20N2O3S. The second-order valence-electron chi connectivity index (χ2n) is 5.82.